The van der Waals surface area contributed by atoms with E-state index in [2.05, 4.69) is 31.3 Å². The second-order valence-electron chi connectivity index (χ2n) is 5.38. The molecule has 140 valence electrons. The molecule has 0 saturated carbocycles. The van der Waals surface area contributed by atoms with Gasteiger partial charge >= 0.3 is 6.18 Å². The van der Waals surface area contributed by atoms with Crippen LogP contribution in [0, 0.1) is 0 Å². The highest BCUT2D eigenvalue weighted by molar-refractivity contribution is 9.10. The molecule has 1 aromatic heterocycles. The maximum Gasteiger partial charge on any atom is 0.451 e. The lowest BCUT2D eigenvalue weighted by molar-refractivity contribution is -0.144. The van der Waals surface area contributed by atoms with E-state index in [0.29, 0.717) is 12.4 Å². The zero-order valence-corrected chi connectivity index (χ0v) is 15.1. The van der Waals surface area contributed by atoms with Crippen LogP contribution in [0.2, 0.25) is 0 Å². The molecule has 0 bridgehead atoms. The number of hydrogen-bond donors (Lipinski definition) is 2. The molecule has 0 aliphatic heterocycles. The number of aromatic amines is 1. The first-order valence-corrected chi connectivity index (χ1v) is 8.39. The van der Waals surface area contributed by atoms with Gasteiger partial charge in [0.1, 0.15) is 12.4 Å². The van der Waals surface area contributed by atoms with Crippen LogP contribution < -0.4 is 10.1 Å². The van der Waals surface area contributed by atoms with E-state index in [1.54, 1.807) is 17.2 Å². The number of nitrogens with zero attached hydrogens (tertiary/aromatic N) is 2. The summed E-state index contributed by atoms with van der Waals surface area (Å²) >= 11 is 3.38. The summed E-state index contributed by atoms with van der Waals surface area (Å²) in [6.07, 6.45) is -4.66. The third-order valence-corrected chi connectivity index (χ3v) is 4.08. The number of carbonyl (C=O) groups is 1. The fourth-order valence-corrected chi connectivity index (χ4v) is 2.49. The molecule has 1 heterocycles. The van der Waals surface area contributed by atoms with E-state index in [9.17, 15) is 18.0 Å². The Morgan fingerprint density at radius 2 is 1.85 bits per heavy atom. The Kier molecular flexibility index (Phi) is 5.45. The van der Waals surface area contributed by atoms with Gasteiger partial charge in [0.15, 0.2) is 0 Å². The maximum atomic E-state index is 12.5. The standard InChI is InChI=1S/C17H12BrF3N4O2/c18-12-3-1-2-4-13(12)27-9-10-5-7-11(8-6-10)14(26)22-16-23-15(24-25-16)17(19,20)21/h1-8H,9H2,(H2,22,23,24,25,26). The van der Waals surface area contributed by atoms with Crippen molar-refractivity contribution in [1.29, 1.82) is 0 Å². The van der Waals surface area contributed by atoms with Gasteiger partial charge in [0.25, 0.3) is 5.91 Å². The molecule has 6 nitrogen and oxygen atoms in total. The lowest BCUT2D eigenvalue weighted by atomic mass is 10.1. The quantitative estimate of drug-likeness (QED) is 0.615. The predicted molar refractivity (Wildman–Crippen MR) is 94.3 cm³/mol. The number of benzene rings is 2. The summed E-state index contributed by atoms with van der Waals surface area (Å²) in [7, 11) is 0. The Morgan fingerprint density at radius 1 is 1.15 bits per heavy atom. The van der Waals surface area contributed by atoms with Gasteiger partial charge in [0, 0.05) is 5.56 Å². The summed E-state index contributed by atoms with van der Waals surface area (Å²) in [4.78, 5) is 15.3. The molecule has 0 unspecified atom stereocenters. The Labute approximate surface area is 159 Å². The van der Waals surface area contributed by atoms with Crippen molar-refractivity contribution >= 4 is 27.8 Å². The summed E-state index contributed by atoms with van der Waals surface area (Å²) in [6.45, 7) is 0.292. The van der Waals surface area contributed by atoms with Crippen LogP contribution in [0.1, 0.15) is 21.7 Å². The minimum Gasteiger partial charge on any atom is -0.488 e. The van der Waals surface area contributed by atoms with Gasteiger partial charge < -0.3 is 4.74 Å². The molecule has 1 amide bonds. The number of rotatable bonds is 5. The molecule has 0 aliphatic carbocycles. The molecule has 0 saturated heterocycles. The van der Waals surface area contributed by atoms with Crippen molar-refractivity contribution in [3.05, 3.63) is 70.0 Å². The van der Waals surface area contributed by atoms with E-state index >= 15 is 0 Å². The molecule has 0 fully saturated rings. The van der Waals surface area contributed by atoms with Crippen LogP contribution in [0.3, 0.4) is 0 Å². The molecular formula is C17H12BrF3N4O2. The number of halogens is 4. The lowest BCUT2D eigenvalue weighted by Gasteiger charge is -2.08. The number of para-hydroxylation sites is 1. The fourth-order valence-electron chi connectivity index (χ4n) is 2.09. The molecular weight excluding hydrogens is 429 g/mol. The van der Waals surface area contributed by atoms with E-state index in [4.69, 9.17) is 4.74 Å². The molecule has 0 atom stereocenters. The number of alkyl halides is 3. The van der Waals surface area contributed by atoms with Crippen molar-refractivity contribution < 1.29 is 22.7 Å². The number of carbonyl (C=O) groups excluding carboxylic acids is 1. The van der Waals surface area contributed by atoms with Gasteiger partial charge in [-0.05, 0) is 45.8 Å². The van der Waals surface area contributed by atoms with Crippen LogP contribution >= 0.6 is 15.9 Å². The van der Waals surface area contributed by atoms with Crippen molar-refractivity contribution in [3.8, 4) is 5.75 Å². The number of hydrogen-bond acceptors (Lipinski definition) is 4. The average Bonchev–Trinajstić information content (AvgIpc) is 3.10. The summed E-state index contributed by atoms with van der Waals surface area (Å²) in [5.74, 6) is -1.67. The van der Waals surface area contributed by atoms with Crippen LogP contribution in [0.5, 0.6) is 5.75 Å². The molecule has 3 rings (SSSR count). The van der Waals surface area contributed by atoms with Crippen molar-refractivity contribution in [1.82, 2.24) is 15.2 Å². The molecule has 2 N–H and O–H groups in total. The van der Waals surface area contributed by atoms with Crippen molar-refractivity contribution in [2.24, 2.45) is 0 Å². The third kappa shape index (κ3) is 4.85. The molecule has 0 aliphatic rings. The Hall–Kier alpha value is -2.88. The topological polar surface area (TPSA) is 79.9 Å². The molecule has 0 radical (unpaired) electrons. The Bertz CT molecular complexity index is 942. The highest BCUT2D eigenvalue weighted by Crippen LogP contribution is 2.26. The van der Waals surface area contributed by atoms with Crippen LogP contribution in [0.15, 0.2) is 53.0 Å². The van der Waals surface area contributed by atoms with Gasteiger partial charge in [-0.2, -0.15) is 18.2 Å². The van der Waals surface area contributed by atoms with Crippen LogP contribution in [-0.2, 0) is 12.8 Å². The van der Waals surface area contributed by atoms with E-state index < -0.39 is 23.9 Å². The van der Waals surface area contributed by atoms with Crippen molar-refractivity contribution in [2.75, 3.05) is 5.32 Å². The van der Waals surface area contributed by atoms with Gasteiger partial charge in [0.05, 0.1) is 4.47 Å². The Morgan fingerprint density at radius 3 is 2.48 bits per heavy atom. The summed E-state index contributed by atoms with van der Waals surface area (Å²) < 4.78 is 43.9. The number of anilines is 1. The van der Waals surface area contributed by atoms with E-state index in [1.807, 2.05) is 24.3 Å². The minimum absolute atomic E-state index is 0.248. The normalized spacial score (nSPS) is 11.3. The van der Waals surface area contributed by atoms with Gasteiger partial charge in [-0.15, -0.1) is 5.10 Å². The Balaban J connectivity index is 1.60. The molecule has 0 spiro atoms. The summed E-state index contributed by atoms with van der Waals surface area (Å²) in [6, 6.07) is 13.8. The van der Waals surface area contributed by atoms with Crippen LogP contribution in [0.4, 0.5) is 19.1 Å². The second-order valence-corrected chi connectivity index (χ2v) is 6.23. The first-order valence-electron chi connectivity index (χ1n) is 7.60. The van der Waals surface area contributed by atoms with E-state index in [1.165, 1.54) is 12.1 Å². The largest absolute Gasteiger partial charge is 0.488 e. The number of ether oxygens (including phenoxy) is 1. The number of amides is 1. The van der Waals surface area contributed by atoms with E-state index in [-0.39, 0.29) is 5.56 Å². The minimum atomic E-state index is -4.66. The van der Waals surface area contributed by atoms with Gasteiger partial charge in [0.2, 0.25) is 11.8 Å². The van der Waals surface area contributed by atoms with Gasteiger partial charge in [-0.25, -0.2) is 0 Å². The van der Waals surface area contributed by atoms with Gasteiger partial charge in [-0.1, -0.05) is 24.3 Å². The monoisotopic (exact) mass is 440 g/mol. The second kappa shape index (κ2) is 7.78. The third-order valence-electron chi connectivity index (χ3n) is 3.43. The molecule has 10 heteroatoms. The zero-order valence-electron chi connectivity index (χ0n) is 13.5. The smallest absolute Gasteiger partial charge is 0.451 e. The fraction of sp³-hybridized carbons (Fsp3) is 0.118. The number of nitrogens with one attached hydrogen (secondary N) is 2. The van der Waals surface area contributed by atoms with Crippen molar-refractivity contribution in [2.45, 2.75) is 12.8 Å². The maximum absolute atomic E-state index is 12.5. The zero-order chi connectivity index (χ0) is 19.4. The van der Waals surface area contributed by atoms with Crippen LogP contribution in [-0.4, -0.2) is 21.1 Å². The highest BCUT2D eigenvalue weighted by atomic mass is 79.9. The number of aromatic nitrogens is 3. The summed E-state index contributed by atoms with van der Waals surface area (Å²) in [5, 5.41) is 7.26. The average molecular weight is 441 g/mol. The number of H-pyrrole nitrogens is 1. The lowest BCUT2D eigenvalue weighted by Crippen LogP contribution is -2.13. The van der Waals surface area contributed by atoms with E-state index in [0.717, 1.165) is 10.0 Å². The van der Waals surface area contributed by atoms with Gasteiger partial charge in [-0.3, -0.25) is 15.2 Å². The highest BCUT2D eigenvalue weighted by Gasteiger charge is 2.35. The SMILES string of the molecule is O=C(Nc1n[nH]c(C(F)(F)F)n1)c1ccc(COc2ccccc2Br)cc1. The van der Waals surface area contributed by atoms with Crippen molar-refractivity contribution in [3.63, 3.8) is 0 Å². The first-order chi connectivity index (χ1) is 12.8. The molecule has 27 heavy (non-hydrogen) atoms. The summed E-state index contributed by atoms with van der Waals surface area (Å²) in [5.41, 5.74) is 1.07. The van der Waals surface area contributed by atoms with Crippen LogP contribution in [0.25, 0.3) is 0 Å². The predicted octanol–water partition coefficient (Wildman–Crippen LogP) is 4.42. The molecule has 2 aromatic carbocycles. The molecule has 3 aromatic rings. The first kappa shape index (κ1) is 18.9.